The fourth-order valence-electron chi connectivity index (χ4n) is 3.08. The molecule has 1 aromatic carbocycles. The van der Waals surface area contributed by atoms with Crippen molar-refractivity contribution in [2.75, 3.05) is 13.1 Å². The summed E-state index contributed by atoms with van der Waals surface area (Å²) in [4.78, 5) is 25.6. The second kappa shape index (κ2) is 7.05. The summed E-state index contributed by atoms with van der Waals surface area (Å²) < 4.78 is 0. The van der Waals surface area contributed by atoms with Crippen molar-refractivity contribution in [3.8, 4) is 11.3 Å². The third-order valence-electron chi connectivity index (χ3n) is 4.39. The number of carbonyl (C=O) groups excluding carboxylic acids is 2. The first-order valence-electron chi connectivity index (χ1n) is 7.91. The first-order valence-corrected chi connectivity index (χ1v) is 8.29. The molecule has 1 saturated heterocycles. The molecule has 7 heteroatoms. The molecule has 1 fully saturated rings. The maximum atomic E-state index is 12.8. The van der Waals surface area contributed by atoms with Gasteiger partial charge in [0.1, 0.15) is 0 Å². The number of rotatable bonds is 4. The van der Waals surface area contributed by atoms with E-state index in [4.69, 9.17) is 17.3 Å². The molecule has 0 unspecified atom stereocenters. The first kappa shape index (κ1) is 16.5. The molecule has 0 spiro atoms. The standard InChI is InChI=1S/C17H19ClN4O2/c18-13-3-1-12(2-4-13)16-14(10-20-21-16)17(24)22-7-5-11(6-8-22)9-15(19)23/h1-4,10-11H,5-9H2,(H2,19,23)(H,20,21). The van der Waals surface area contributed by atoms with Crippen molar-refractivity contribution < 1.29 is 9.59 Å². The molecule has 0 bridgehead atoms. The summed E-state index contributed by atoms with van der Waals surface area (Å²) in [6.45, 7) is 1.25. The summed E-state index contributed by atoms with van der Waals surface area (Å²) in [6, 6.07) is 7.26. The van der Waals surface area contributed by atoms with Gasteiger partial charge in [-0.25, -0.2) is 0 Å². The number of piperidine rings is 1. The number of carbonyl (C=O) groups is 2. The molecular formula is C17H19ClN4O2. The van der Waals surface area contributed by atoms with Crippen LogP contribution in [0.15, 0.2) is 30.5 Å². The molecular weight excluding hydrogens is 328 g/mol. The Kier molecular flexibility index (Phi) is 4.85. The fraction of sp³-hybridized carbons (Fsp3) is 0.353. The number of nitrogens with one attached hydrogen (secondary N) is 1. The van der Waals surface area contributed by atoms with E-state index in [0.29, 0.717) is 35.8 Å². The number of hydrogen-bond acceptors (Lipinski definition) is 3. The number of aromatic amines is 1. The Morgan fingerprint density at radius 1 is 1.25 bits per heavy atom. The first-order chi connectivity index (χ1) is 11.5. The van der Waals surface area contributed by atoms with Gasteiger partial charge in [0.2, 0.25) is 5.91 Å². The molecule has 6 nitrogen and oxygen atoms in total. The Morgan fingerprint density at radius 3 is 2.54 bits per heavy atom. The summed E-state index contributed by atoms with van der Waals surface area (Å²) >= 11 is 5.91. The van der Waals surface area contributed by atoms with Gasteiger partial charge in [-0.3, -0.25) is 14.7 Å². The molecule has 2 aromatic rings. The van der Waals surface area contributed by atoms with Crippen LogP contribution in [0, 0.1) is 5.92 Å². The SMILES string of the molecule is NC(=O)CC1CCN(C(=O)c2cn[nH]c2-c2ccc(Cl)cc2)CC1. The number of nitrogens with zero attached hydrogens (tertiary/aromatic N) is 2. The molecule has 3 N–H and O–H groups in total. The molecule has 24 heavy (non-hydrogen) atoms. The van der Waals surface area contributed by atoms with Crippen LogP contribution < -0.4 is 5.73 Å². The van der Waals surface area contributed by atoms with Gasteiger partial charge in [0.05, 0.1) is 17.5 Å². The number of benzene rings is 1. The average Bonchev–Trinajstić information content (AvgIpc) is 3.04. The van der Waals surface area contributed by atoms with E-state index in [2.05, 4.69) is 10.2 Å². The van der Waals surface area contributed by atoms with Crippen molar-refractivity contribution in [1.29, 1.82) is 0 Å². The number of halogens is 1. The van der Waals surface area contributed by atoms with E-state index in [1.54, 1.807) is 18.3 Å². The van der Waals surface area contributed by atoms with Crippen LogP contribution in [0.3, 0.4) is 0 Å². The normalized spacial score (nSPS) is 15.5. The van der Waals surface area contributed by atoms with E-state index in [1.807, 2.05) is 17.0 Å². The van der Waals surface area contributed by atoms with Gasteiger partial charge < -0.3 is 10.6 Å². The van der Waals surface area contributed by atoms with E-state index < -0.39 is 0 Å². The Labute approximate surface area is 145 Å². The van der Waals surface area contributed by atoms with Gasteiger partial charge >= 0.3 is 0 Å². The lowest BCUT2D eigenvalue weighted by Gasteiger charge is -2.31. The maximum Gasteiger partial charge on any atom is 0.257 e. The quantitative estimate of drug-likeness (QED) is 0.890. The Bertz CT molecular complexity index is 733. The lowest BCUT2D eigenvalue weighted by Crippen LogP contribution is -2.39. The highest BCUT2D eigenvalue weighted by Crippen LogP contribution is 2.26. The minimum Gasteiger partial charge on any atom is -0.370 e. The lowest BCUT2D eigenvalue weighted by atomic mass is 9.93. The smallest absolute Gasteiger partial charge is 0.257 e. The highest BCUT2D eigenvalue weighted by atomic mass is 35.5. The van der Waals surface area contributed by atoms with Crippen LogP contribution in [0.1, 0.15) is 29.6 Å². The van der Waals surface area contributed by atoms with Gasteiger partial charge in [-0.1, -0.05) is 23.7 Å². The Hall–Kier alpha value is -2.34. The zero-order chi connectivity index (χ0) is 17.1. The summed E-state index contributed by atoms with van der Waals surface area (Å²) in [5.41, 5.74) is 7.35. The number of primary amides is 1. The van der Waals surface area contributed by atoms with E-state index in [1.165, 1.54) is 0 Å². The maximum absolute atomic E-state index is 12.8. The van der Waals surface area contributed by atoms with E-state index in [-0.39, 0.29) is 17.7 Å². The van der Waals surface area contributed by atoms with Crippen LogP contribution in [-0.2, 0) is 4.79 Å². The van der Waals surface area contributed by atoms with Crippen LogP contribution in [-0.4, -0.2) is 40.0 Å². The Morgan fingerprint density at radius 2 is 1.92 bits per heavy atom. The van der Waals surface area contributed by atoms with Crippen LogP contribution >= 0.6 is 11.6 Å². The van der Waals surface area contributed by atoms with Crippen molar-refractivity contribution in [1.82, 2.24) is 15.1 Å². The number of amides is 2. The van der Waals surface area contributed by atoms with Crippen molar-refractivity contribution in [2.45, 2.75) is 19.3 Å². The monoisotopic (exact) mass is 346 g/mol. The average molecular weight is 347 g/mol. The van der Waals surface area contributed by atoms with Crippen molar-refractivity contribution in [3.63, 3.8) is 0 Å². The van der Waals surface area contributed by atoms with Crippen LogP contribution in [0.4, 0.5) is 0 Å². The largest absolute Gasteiger partial charge is 0.370 e. The van der Waals surface area contributed by atoms with Gasteiger partial charge in [0.15, 0.2) is 0 Å². The van der Waals surface area contributed by atoms with Crippen LogP contribution in [0.2, 0.25) is 5.02 Å². The minimum absolute atomic E-state index is 0.0498. The highest BCUT2D eigenvalue weighted by molar-refractivity contribution is 6.30. The predicted molar refractivity (Wildman–Crippen MR) is 91.5 cm³/mol. The summed E-state index contributed by atoms with van der Waals surface area (Å²) in [5, 5.41) is 7.56. The van der Waals surface area contributed by atoms with Crippen LogP contribution in [0.5, 0.6) is 0 Å². The summed E-state index contributed by atoms with van der Waals surface area (Å²) in [6.07, 6.45) is 3.54. The van der Waals surface area contributed by atoms with Gasteiger partial charge in [-0.05, 0) is 30.9 Å². The molecule has 0 radical (unpaired) electrons. The van der Waals surface area contributed by atoms with E-state index in [9.17, 15) is 9.59 Å². The van der Waals surface area contributed by atoms with Gasteiger partial charge in [0, 0.05) is 30.1 Å². The van der Waals surface area contributed by atoms with E-state index in [0.717, 1.165) is 18.4 Å². The molecule has 3 rings (SSSR count). The molecule has 0 atom stereocenters. The third-order valence-corrected chi connectivity index (χ3v) is 4.65. The number of likely N-dealkylation sites (tertiary alicyclic amines) is 1. The van der Waals surface area contributed by atoms with E-state index >= 15 is 0 Å². The van der Waals surface area contributed by atoms with Crippen molar-refractivity contribution in [3.05, 3.63) is 41.0 Å². The topological polar surface area (TPSA) is 92.1 Å². The molecule has 1 aliphatic heterocycles. The molecule has 1 aliphatic rings. The van der Waals surface area contributed by atoms with Gasteiger partial charge in [-0.2, -0.15) is 5.10 Å². The second-order valence-electron chi connectivity index (χ2n) is 6.07. The molecule has 2 heterocycles. The Balaban J connectivity index is 1.72. The number of nitrogens with two attached hydrogens (primary N) is 1. The minimum atomic E-state index is -0.278. The number of aromatic nitrogens is 2. The third kappa shape index (κ3) is 3.59. The van der Waals surface area contributed by atoms with Crippen molar-refractivity contribution >= 4 is 23.4 Å². The molecule has 126 valence electrons. The predicted octanol–water partition coefficient (Wildman–Crippen LogP) is 2.46. The van der Waals surface area contributed by atoms with Gasteiger partial charge in [0.25, 0.3) is 5.91 Å². The molecule has 0 saturated carbocycles. The highest BCUT2D eigenvalue weighted by Gasteiger charge is 2.26. The van der Waals surface area contributed by atoms with Gasteiger partial charge in [-0.15, -0.1) is 0 Å². The molecule has 1 aromatic heterocycles. The summed E-state index contributed by atoms with van der Waals surface area (Å²) in [7, 11) is 0. The second-order valence-corrected chi connectivity index (χ2v) is 6.51. The molecule has 2 amide bonds. The summed E-state index contributed by atoms with van der Waals surface area (Å²) in [5.74, 6) is -0.0579. The lowest BCUT2D eigenvalue weighted by molar-refractivity contribution is -0.119. The van der Waals surface area contributed by atoms with Crippen LogP contribution in [0.25, 0.3) is 11.3 Å². The number of H-pyrrole nitrogens is 1. The van der Waals surface area contributed by atoms with Crippen molar-refractivity contribution in [2.24, 2.45) is 11.7 Å². The zero-order valence-corrected chi connectivity index (χ0v) is 13.9. The molecule has 0 aliphatic carbocycles. The number of hydrogen-bond donors (Lipinski definition) is 2. The zero-order valence-electron chi connectivity index (χ0n) is 13.2. The fourth-order valence-corrected chi connectivity index (χ4v) is 3.21.